The molecule has 1 aromatic carbocycles. The van der Waals surface area contributed by atoms with Gasteiger partial charge in [0.1, 0.15) is 11.5 Å². The number of thiophene rings is 1. The lowest BCUT2D eigenvalue weighted by Gasteiger charge is -2.09. The topological polar surface area (TPSA) is 90.3 Å². The first-order valence-electron chi connectivity index (χ1n) is 8.97. The zero-order chi connectivity index (χ0) is 19.8. The molecule has 0 saturated heterocycles. The van der Waals surface area contributed by atoms with Gasteiger partial charge in [0.25, 0.3) is 5.56 Å². The zero-order valence-electron chi connectivity index (χ0n) is 15.6. The fourth-order valence-electron chi connectivity index (χ4n) is 3.58. The van der Waals surface area contributed by atoms with Crippen molar-refractivity contribution in [2.75, 3.05) is 12.4 Å². The van der Waals surface area contributed by atoms with Crippen LogP contribution in [-0.4, -0.2) is 28.5 Å². The van der Waals surface area contributed by atoms with E-state index in [-0.39, 0.29) is 18.0 Å². The second-order valence-corrected chi connectivity index (χ2v) is 7.86. The third kappa shape index (κ3) is 3.09. The second-order valence-electron chi connectivity index (χ2n) is 6.75. The molecule has 0 bridgehead atoms. The van der Waals surface area contributed by atoms with Crippen molar-refractivity contribution in [2.24, 2.45) is 0 Å². The molecule has 0 unspecified atom stereocenters. The molecule has 1 aliphatic carbocycles. The molecule has 0 fully saturated rings. The third-order valence-corrected chi connectivity index (χ3v) is 6.14. The summed E-state index contributed by atoms with van der Waals surface area (Å²) in [5, 5.41) is 3.74. The Bertz CT molecular complexity index is 1160. The first-order chi connectivity index (χ1) is 13.5. The largest absolute Gasteiger partial charge is 0.465 e. The van der Waals surface area contributed by atoms with Gasteiger partial charge in [-0.25, -0.2) is 9.78 Å². The molecule has 2 aromatic heterocycles. The minimum Gasteiger partial charge on any atom is -0.465 e. The number of fused-ring (bicyclic) bond motifs is 2. The van der Waals surface area contributed by atoms with Crippen molar-refractivity contribution in [3.05, 3.63) is 56.4 Å². The van der Waals surface area contributed by atoms with Gasteiger partial charge in [0.2, 0.25) is 5.91 Å². The summed E-state index contributed by atoms with van der Waals surface area (Å²) in [5.41, 5.74) is 2.67. The number of hydrogen-bond donors (Lipinski definition) is 1. The Morgan fingerprint density at radius 2 is 2.14 bits per heavy atom. The highest BCUT2D eigenvalue weighted by atomic mass is 32.1. The molecule has 2 heterocycles. The van der Waals surface area contributed by atoms with E-state index < -0.39 is 5.97 Å². The van der Waals surface area contributed by atoms with E-state index >= 15 is 0 Å². The summed E-state index contributed by atoms with van der Waals surface area (Å²) in [4.78, 5) is 42.9. The van der Waals surface area contributed by atoms with E-state index in [1.54, 1.807) is 12.1 Å². The van der Waals surface area contributed by atoms with Gasteiger partial charge in [-0.15, -0.1) is 11.3 Å². The highest BCUT2D eigenvalue weighted by molar-refractivity contribution is 7.17. The van der Waals surface area contributed by atoms with Gasteiger partial charge in [-0.2, -0.15) is 0 Å². The Labute approximate surface area is 165 Å². The van der Waals surface area contributed by atoms with Gasteiger partial charge in [0.05, 0.1) is 29.9 Å². The average Bonchev–Trinajstić information content (AvgIpc) is 3.24. The fraction of sp³-hybridized carbons (Fsp3) is 0.300. The molecule has 0 atom stereocenters. The van der Waals surface area contributed by atoms with Crippen molar-refractivity contribution in [1.29, 1.82) is 0 Å². The van der Waals surface area contributed by atoms with Gasteiger partial charge >= 0.3 is 5.97 Å². The number of para-hydroxylation sites is 1. The van der Waals surface area contributed by atoms with Crippen LogP contribution in [0.1, 0.15) is 32.8 Å². The number of benzene rings is 1. The molecule has 0 aliphatic heterocycles. The SMILES string of the molecule is COC(=O)c1c(NC(=O)Cn2cnc3c(C)cccc3c2=O)sc2c1CCC2. The van der Waals surface area contributed by atoms with E-state index in [0.717, 1.165) is 35.3 Å². The molecule has 0 saturated carbocycles. The van der Waals surface area contributed by atoms with Gasteiger partial charge in [-0.05, 0) is 43.4 Å². The molecule has 4 rings (SSSR count). The van der Waals surface area contributed by atoms with E-state index in [4.69, 9.17) is 4.74 Å². The standard InChI is InChI=1S/C20H19N3O4S/c1-11-5-3-7-13-17(11)21-10-23(19(13)25)9-15(24)22-18-16(20(26)27-2)12-6-4-8-14(12)28-18/h3,5,7,10H,4,6,8-9H2,1-2H3,(H,22,24). The van der Waals surface area contributed by atoms with E-state index in [1.807, 2.05) is 13.0 Å². The molecule has 7 nitrogen and oxygen atoms in total. The van der Waals surface area contributed by atoms with Crippen molar-refractivity contribution in [2.45, 2.75) is 32.7 Å². The summed E-state index contributed by atoms with van der Waals surface area (Å²) >= 11 is 1.40. The molecule has 28 heavy (non-hydrogen) atoms. The predicted molar refractivity (Wildman–Crippen MR) is 107 cm³/mol. The van der Waals surface area contributed by atoms with Gasteiger partial charge in [0, 0.05) is 4.88 Å². The fourth-order valence-corrected chi connectivity index (χ4v) is 4.87. The number of ether oxygens (including phenoxy) is 1. The number of rotatable bonds is 4. The lowest BCUT2D eigenvalue weighted by molar-refractivity contribution is -0.116. The molecule has 1 N–H and O–H groups in total. The monoisotopic (exact) mass is 397 g/mol. The lowest BCUT2D eigenvalue weighted by atomic mass is 10.1. The first-order valence-corrected chi connectivity index (χ1v) is 9.78. The van der Waals surface area contributed by atoms with Crippen molar-refractivity contribution < 1.29 is 14.3 Å². The van der Waals surface area contributed by atoms with Gasteiger partial charge in [-0.3, -0.25) is 14.2 Å². The molecule has 1 aliphatic rings. The second kappa shape index (κ2) is 7.20. The highest BCUT2D eigenvalue weighted by Gasteiger charge is 2.28. The van der Waals surface area contributed by atoms with Crippen LogP contribution >= 0.6 is 11.3 Å². The number of hydrogen-bond acceptors (Lipinski definition) is 6. The van der Waals surface area contributed by atoms with E-state index in [1.165, 1.54) is 29.3 Å². The number of aryl methyl sites for hydroxylation is 2. The third-order valence-electron chi connectivity index (χ3n) is 4.93. The van der Waals surface area contributed by atoms with Crippen LogP contribution in [0, 0.1) is 6.92 Å². The van der Waals surface area contributed by atoms with Crippen LogP contribution in [0.25, 0.3) is 10.9 Å². The number of methoxy groups -OCH3 is 1. The smallest absolute Gasteiger partial charge is 0.341 e. The van der Waals surface area contributed by atoms with Crippen LogP contribution in [0.3, 0.4) is 0 Å². The molecule has 1 amide bonds. The Kier molecular flexibility index (Phi) is 4.72. The van der Waals surface area contributed by atoms with Crippen LogP contribution < -0.4 is 10.9 Å². The summed E-state index contributed by atoms with van der Waals surface area (Å²) in [6.45, 7) is 1.70. The van der Waals surface area contributed by atoms with E-state index in [0.29, 0.717) is 21.5 Å². The molecular weight excluding hydrogens is 378 g/mol. The molecular formula is C20H19N3O4S. The quantitative estimate of drug-likeness (QED) is 0.684. The predicted octanol–water partition coefficient (Wildman–Crippen LogP) is 2.68. The Morgan fingerprint density at radius 3 is 2.93 bits per heavy atom. The molecule has 3 aromatic rings. The van der Waals surface area contributed by atoms with E-state index in [9.17, 15) is 14.4 Å². The van der Waals surface area contributed by atoms with Crippen LogP contribution in [0.15, 0.2) is 29.3 Å². The summed E-state index contributed by atoms with van der Waals surface area (Å²) in [6.07, 6.45) is 4.08. The summed E-state index contributed by atoms with van der Waals surface area (Å²) < 4.78 is 6.16. The maximum absolute atomic E-state index is 12.7. The average molecular weight is 397 g/mol. The number of nitrogens with zero attached hydrogens (tertiary/aromatic N) is 2. The van der Waals surface area contributed by atoms with Crippen LogP contribution in [0.4, 0.5) is 5.00 Å². The van der Waals surface area contributed by atoms with Gasteiger partial charge < -0.3 is 10.1 Å². The Balaban J connectivity index is 1.61. The molecule has 0 spiro atoms. The van der Waals surface area contributed by atoms with Crippen molar-refractivity contribution in [3.63, 3.8) is 0 Å². The molecule has 0 radical (unpaired) electrons. The summed E-state index contributed by atoms with van der Waals surface area (Å²) in [5.74, 6) is -0.837. The van der Waals surface area contributed by atoms with E-state index in [2.05, 4.69) is 10.3 Å². The Morgan fingerprint density at radius 1 is 1.32 bits per heavy atom. The van der Waals surface area contributed by atoms with Crippen LogP contribution in [-0.2, 0) is 28.9 Å². The number of carbonyl (C=O) groups excluding carboxylic acids is 2. The normalized spacial score (nSPS) is 12.8. The number of carbonyl (C=O) groups is 2. The Hall–Kier alpha value is -3.00. The molecule has 8 heteroatoms. The number of anilines is 1. The van der Waals surface area contributed by atoms with Crippen molar-refractivity contribution in [1.82, 2.24) is 9.55 Å². The maximum atomic E-state index is 12.7. The lowest BCUT2D eigenvalue weighted by Crippen LogP contribution is -2.28. The zero-order valence-corrected chi connectivity index (χ0v) is 16.4. The van der Waals surface area contributed by atoms with Crippen LogP contribution in [0.5, 0.6) is 0 Å². The van der Waals surface area contributed by atoms with Crippen molar-refractivity contribution in [3.8, 4) is 0 Å². The molecule has 144 valence electrons. The minimum atomic E-state index is -0.449. The summed E-state index contributed by atoms with van der Waals surface area (Å²) in [7, 11) is 1.33. The highest BCUT2D eigenvalue weighted by Crippen LogP contribution is 2.39. The van der Waals surface area contributed by atoms with Crippen LogP contribution in [0.2, 0.25) is 0 Å². The minimum absolute atomic E-state index is 0.182. The van der Waals surface area contributed by atoms with Gasteiger partial charge in [-0.1, -0.05) is 12.1 Å². The number of amides is 1. The number of nitrogens with one attached hydrogen (secondary N) is 1. The maximum Gasteiger partial charge on any atom is 0.341 e. The first kappa shape index (κ1) is 18.4. The number of esters is 1. The van der Waals surface area contributed by atoms with Crippen molar-refractivity contribution >= 4 is 39.1 Å². The van der Waals surface area contributed by atoms with Gasteiger partial charge in [0.15, 0.2) is 0 Å². The summed E-state index contributed by atoms with van der Waals surface area (Å²) in [6, 6.07) is 5.38. The number of aromatic nitrogens is 2.